The Labute approximate surface area is 145 Å². The van der Waals surface area contributed by atoms with Crippen molar-refractivity contribution >= 4 is 33.1 Å². The Hall–Kier alpha value is -3.20. The molecule has 0 aliphatic heterocycles. The van der Waals surface area contributed by atoms with Gasteiger partial charge < -0.3 is 4.57 Å². The van der Waals surface area contributed by atoms with E-state index in [0.717, 1.165) is 35.2 Å². The predicted molar refractivity (Wildman–Crippen MR) is 103 cm³/mol. The second-order valence-corrected chi connectivity index (χ2v) is 6.29. The number of aromatic nitrogens is 3. The quantitative estimate of drug-likeness (QED) is 0.469. The average molecular weight is 323 g/mol. The summed E-state index contributed by atoms with van der Waals surface area (Å²) in [5.41, 5.74) is 6.38. The molecule has 0 fully saturated rings. The third kappa shape index (κ3) is 2.36. The lowest BCUT2D eigenvalue weighted by atomic mass is 10.1. The summed E-state index contributed by atoms with van der Waals surface area (Å²) >= 11 is 0. The van der Waals surface area contributed by atoms with Gasteiger partial charge in [-0.05, 0) is 30.2 Å². The van der Waals surface area contributed by atoms with Crippen LogP contribution in [0.4, 0.5) is 0 Å². The van der Waals surface area contributed by atoms with Crippen LogP contribution in [0.25, 0.3) is 33.1 Å². The average Bonchev–Trinajstić information content (AvgIpc) is 2.98. The first-order chi connectivity index (χ1) is 12.4. The van der Waals surface area contributed by atoms with E-state index in [2.05, 4.69) is 59.2 Å². The Balaban J connectivity index is 1.73. The smallest absolute Gasteiger partial charge is 0.160 e. The third-order valence-electron chi connectivity index (χ3n) is 4.72. The first-order valence-electron chi connectivity index (χ1n) is 8.58. The second kappa shape index (κ2) is 5.71. The fraction of sp³-hybridized carbons (Fsp3) is 0.0909. The molecule has 3 nitrogen and oxygen atoms in total. The minimum atomic E-state index is 0.890. The molecule has 5 rings (SSSR count). The van der Waals surface area contributed by atoms with E-state index in [1.54, 1.807) is 0 Å². The zero-order chi connectivity index (χ0) is 16.6. The number of aryl methyl sites for hydroxylation is 2. The van der Waals surface area contributed by atoms with Crippen LogP contribution in [-0.4, -0.2) is 14.5 Å². The van der Waals surface area contributed by atoms with Gasteiger partial charge in [-0.25, -0.2) is 9.97 Å². The van der Waals surface area contributed by atoms with Crippen LogP contribution in [-0.2, 0) is 13.0 Å². The first-order valence-corrected chi connectivity index (χ1v) is 8.58. The summed E-state index contributed by atoms with van der Waals surface area (Å²) in [6.07, 6.45) is 0.975. The molecule has 0 radical (unpaired) electrons. The van der Waals surface area contributed by atoms with Crippen LogP contribution < -0.4 is 0 Å². The van der Waals surface area contributed by atoms with Gasteiger partial charge in [-0.2, -0.15) is 0 Å². The monoisotopic (exact) mass is 323 g/mol. The third-order valence-corrected chi connectivity index (χ3v) is 4.72. The molecule has 0 saturated heterocycles. The van der Waals surface area contributed by atoms with Crippen molar-refractivity contribution in [3.05, 3.63) is 84.4 Å². The Kier molecular flexibility index (Phi) is 3.23. The molecule has 25 heavy (non-hydrogen) atoms. The van der Waals surface area contributed by atoms with Crippen LogP contribution in [0.5, 0.6) is 0 Å². The second-order valence-electron chi connectivity index (χ2n) is 6.29. The van der Waals surface area contributed by atoms with E-state index in [1.165, 1.54) is 16.5 Å². The molecule has 0 spiro atoms. The molecule has 0 atom stereocenters. The van der Waals surface area contributed by atoms with E-state index in [1.807, 2.05) is 24.3 Å². The normalized spacial score (nSPS) is 11.5. The largest absolute Gasteiger partial charge is 0.324 e. The number of para-hydroxylation sites is 3. The number of benzene rings is 3. The molecule has 0 saturated carbocycles. The van der Waals surface area contributed by atoms with Gasteiger partial charge in [0.05, 0.1) is 16.6 Å². The summed E-state index contributed by atoms with van der Waals surface area (Å²) < 4.78 is 2.30. The van der Waals surface area contributed by atoms with E-state index in [0.29, 0.717) is 0 Å². The van der Waals surface area contributed by atoms with Crippen LogP contribution in [0.2, 0.25) is 0 Å². The highest BCUT2D eigenvalue weighted by atomic mass is 15.1. The van der Waals surface area contributed by atoms with Gasteiger partial charge in [0.25, 0.3) is 0 Å². The van der Waals surface area contributed by atoms with Gasteiger partial charge in [0, 0.05) is 11.9 Å². The summed E-state index contributed by atoms with van der Waals surface area (Å²) in [5.74, 6) is 0. The van der Waals surface area contributed by atoms with Crippen molar-refractivity contribution in [1.82, 2.24) is 14.5 Å². The predicted octanol–water partition coefficient (Wildman–Crippen LogP) is 4.98. The molecular weight excluding hydrogens is 306 g/mol. The van der Waals surface area contributed by atoms with Gasteiger partial charge in [0.1, 0.15) is 5.52 Å². The fourth-order valence-corrected chi connectivity index (χ4v) is 3.49. The van der Waals surface area contributed by atoms with E-state index in [4.69, 9.17) is 9.97 Å². The lowest BCUT2D eigenvalue weighted by Crippen LogP contribution is -2.02. The van der Waals surface area contributed by atoms with Crippen molar-refractivity contribution in [2.45, 2.75) is 13.0 Å². The van der Waals surface area contributed by atoms with Gasteiger partial charge >= 0.3 is 0 Å². The Morgan fingerprint density at radius 3 is 2.20 bits per heavy atom. The summed E-state index contributed by atoms with van der Waals surface area (Å²) in [7, 11) is 0. The fourth-order valence-electron chi connectivity index (χ4n) is 3.49. The van der Waals surface area contributed by atoms with Crippen molar-refractivity contribution in [3.8, 4) is 0 Å². The molecule has 0 amide bonds. The van der Waals surface area contributed by atoms with Gasteiger partial charge in [-0.15, -0.1) is 0 Å². The summed E-state index contributed by atoms with van der Waals surface area (Å²) in [6, 6.07) is 27.1. The Bertz CT molecular complexity index is 1190. The SMILES string of the molecule is c1ccc(CCn2c3ccccc3c3nc4ccccc4nc32)cc1. The molecule has 3 heteroatoms. The number of hydrogen-bond acceptors (Lipinski definition) is 2. The van der Waals surface area contributed by atoms with Gasteiger partial charge in [-0.3, -0.25) is 0 Å². The molecule has 0 bridgehead atoms. The van der Waals surface area contributed by atoms with Gasteiger partial charge in [0.15, 0.2) is 5.65 Å². The lowest BCUT2D eigenvalue weighted by Gasteiger charge is -2.07. The van der Waals surface area contributed by atoms with Crippen LogP contribution >= 0.6 is 0 Å². The zero-order valence-corrected chi connectivity index (χ0v) is 13.8. The van der Waals surface area contributed by atoms with Gasteiger partial charge in [0.2, 0.25) is 0 Å². The highest BCUT2D eigenvalue weighted by molar-refractivity contribution is 6.06. The van der Waals surface area contributed by atoms with Crippen molar-refractivity contribution < 1.29 is 0 Å². The van der Waals surface area contributed by atoms with Crippen molar-refractivity contribution in [3.63, 3.8) is 0 Å². The first kappa shape index (κ1) is 14.2. The lowest BCUT2D eigenvalue weighted by molar-refractivity contribution is 0.738. The van der Waals surface area contributed by atoms with E-state index < -0.39 is 0 Å². The van der Waals surface area contributed by atoms with Crippen LogP contribution in [0, 0.1) is 0 Å². The maximum atomic E-state index is 4.93. The van der Waals surface area contributed by atoms with Crippen LogP contribution in [0.15, 0.2) is 78.9 Å². The zero-order valence-electron chi connectivity index (χ0n) is 13.8. The summed E-state index contributed by atoms with van der Waals surface area (Å²) in [4.78, 5) is 9.83. The molecule has 120 valence electrons. The maximum absolute atomic E-state index is 4.93. The van der Waals surface area contributed by atoms with E-state index in [9.17, 15) is 0 Å². The van der Waals surface area contributed by atoms with Crippen molar-refractivity contribution in [2.24, 2.45) is 0 Å². The summed E-state index contributed by atoms with van der Waals surface area (Å²) in [5, 5.41) is 1.17. The highest BCUT2D eigenvalue weighted by Crippen LogP contribution is 2.28. The van der Waals surface area contributed by atoms with Gasteiger partial charge in [-0.1, -0.05) is 60.7 Å². The topological polar surface area (TPSA) is 30.7 Å². The molecule has 2 heterocycles. The molecule has 2 aromatic heterocycles. The minimum Gasteiger partial charge on any atom is -0.324 e. The minimum absolute atomic E-state index is 0.890. The number of nitrogens with zero attached hydrogens (tertiary/aromatic N) is 3. The van der Waals surface area contributed by atoms with Crippen molar-refractivity contribution in [2.75, 3.05) is 0 Å². The molecule has 0 N–H and O–H groups in total. The molecular formula is C22H17N3. The summed E-state index contributed by atoms with van der Waals surface area (Å²) in [6.45, 7) is 0.890. The van der Waals surface area contributed by atoms with E-state index in [-0.39, 0.29) is 0 Å². The molecule has 3 aromatic carbocycles. The highest BCUT2D eigenvalue weighted by Gasteiger charge is 2.13. The number of rotatable bonds is 3. The van der Waals surface area contributed by atoms with Crippen LogP contribution in [0.3, 0.4) is 0 Å². The maximum Gasteiger partial charge on any atom is 0.160 e. The number of hydrogen-bond donors (Lipinski definition) is 0. The molecule has 0 aliphatic rings. The van der Waals surface area contributed by atoms with Crippen molar-refractivity contribution in [1.29, 1.82) is 0 Å². The standard InChI is InChI=1S/C22H17N3/c1-2-8-16(9-3-1)14-15-25-20-13-7-4-10-17(20)21-22(25)24-19-12-6-5-11-18(19)23-21/h1-13H,14-15H2. The Morgan fingerprint density at radius 1 is 0.680 bits per heavy atom. The number of fused-ring (bicyclic) bond motifs is 4. The molecule has 0 unspecified atom stereocenters. The molecule has 5 aromatic rings. The Morgan fingerprint density at radius 2 is 1.36 bits per heavy atom. The molecule has 0 aliphatic carbocycles. The van der Waals surface area contributed by atoms with E-state index >= 15 is 0 Å². The van der Waals surface area contributed by atoms with Crippen LogP contribution in [0.1, 0.15) is 5.56 Å².